The Balaban J connectivity index is 0.00000243. The number of hydrogen-bond donors (Lipinski definition) is 1. The summed E-state index contributed by atoms with van der Waals surface area (Å²) in [5.41, 5.74) is 0. The molecule has 1 N–H and O–H groups in total. The second-order valence-electron chi connectivity index (χ2n) is 7.36. The lowest BCUT2D eigenvalue weighted by atomic mass is 9.98. The van der Waals surface area contributed by atoms with Crippen LogP contribution in [-0.2, 0) is 11.3 Å². The summed E-state index contributed by atoms with van der Waals surface area (Å²) >= 11 is 1.87. The molecule has 148 valence electrons. The van der Waals surface area contributed by atoms with Gasteiger partial charge in [-0.3, -0.25) is 9.89 Å². The maximum absolute atomic E-state index is 5.49. The third kappa shape index (κ3) is 6.65. The number of piperidine rings is 1. The average Bonchev–Trinajstić information content (AvgIpc) is 3.30. The molecule has 0 spiro atoms. The zero-order valence-electron chi connectivity index (χ0n) is 16.0. The minimum Gasteiger partial charge on any atom is -0.381 e. The molecule has 1 aromatic rings. The van der Waals surface area contributed by atoms with Crippen LogP contribution in [0.3, 0.4) is 0 Å². The van der Waals surface area contributed by atoms with E-state index in [9.17, 15) is 0 Å². The molecule has 0 saturated carbocycles. The molecule has 3 rings (SSSR count). The standard InChI is InChI=1S/C19H32N4OS.HI/c1-20-19(22(2)12-17-7-9-24-15-17)21-11-16-5-3-8-23(13-16)14-18-6-4-10-25-18;/h4,6,10,16-17H,3,5,7-9,11-15H2,1-2H3,(H,20,21);1H. The van der Waals surface area contributed by atoms with E-state index in [2.05, 4.69) is 44.7 Å². The average molecular weight is 492 g/mol. The number of guanidine groups is 1. The van der Waals surface area contributed by atoms with Crippen molar-refractivity contribution in [1.29, 1.82) is 0 Å². The summed E-state index contributed by atoms with van der Waals surface area (Å²) in [4.78, 5) is 10.8. The van der Waals surface area contributed by atoms with Crippen LogP contribution in [0.5, 0.6) is 0 Å². The molecule has 3 heterocycles. The quantitative estimate of drug-likeness (QED) is 0.377. The molecule has 26 heavy (non-hydrogen) atoms. The van der Waals surface area contributed by atoms with Gasteiger partial charge in [0.1, 0.15) is 0 Å². The first kappa shape index (κ1) is 21.9. The lowest BCUT2D eigenvalue weighted by molar-refractivity contribution is 0.168. The summed E-state index contributed by atoms with van der Waals surface area (Å²) in [6.45, 7) is 7.35. The topological polar surface area (TPSA) is 40.1 Å². The van der Waals surface area contributed by atoms with Gasteiger partial charge in [-0.15, -0.1) is 35.3 Å². The van der Waals surface area contributed by atoms with Gasteiger partial charge in [0.2, 0.25) is 0 Å². The first-order valence-electron chi connectivity index (χ1n) is 9.49. The highest BCUT2D eigenvalue weighted by molar-refractivity contribution is 14.0. The van der Waals surface area contributed by atoms with E-state index in [1.54, 1.807) is 0 Å². The molecule has 0 aromatic carbocycles. The van der Waals surface area contributed by atoms with Crippen molar-refractivity contribution in [1.82, 2.24) is 15.1 Å². The van der Waals surface area contributed by atoms with E-state index in [0.29, 0.717) is 11.8 Å². The SMILES string of the molecule is CN=C(NCC1CCCN(Cc2cccs2)C1)N(C)CC1CCOC1.I. The van der Waals surface area contributed by atoms with Crippen molar-refractivity contribution in [2.45, 2.75) is 25.8 Å². The minimum absolute atomic E-state index is 0. The van der Waals surface area contributed by atoms with E-state index >= 15 is 0 Å². The molecule has 0 radical (unpaired) electrons. The number of thiophene rings is 1. The molecule has 2 aliphatic rings. The summed E-state index contributed by atoms with van der Waals surface area (Å²) in [6.07, 6.45) is 3.78. The highest BCUT2D eigenvalue weighted by Crippen LogP contribution is 2.20. The molecule has 2 atom stereocenters. The predicted molar refractivity (Wildman–Crippen MR) is 121 cm³/mol. The molecule has 2 unspecified atom stereocenters. The van der Waals surface area contributed by atoms with Gasteiger partial charge in [0.15, 0.2) is 5.96 Å². The van der Waals surface area contributed by atoms with Gasteiger partial charge in [-0.05, 0) is 43.2 Å². The number of nitrogens with one attached hydrogen (secondary N) is 1. The van der Waals surface area contributed by atoms with Gasteiger partial charge in [0.25, 0.3) is 0 Å². The van der Waals surface area contributed by atoms with Crippen LogP contribution in [0.25, 0.3) is 0 Å². The number of rotatable bonds is 6. The Morgan fingerprint density at radius 3 is 3.00 bits per heavy atom. The summed E-state index contributed by atoms with van der Waals surface area (Å²) in [5, 5.41) is 5.78. The third-order valence-corrected chi connectivity index (χ3v) is 6.10. The Kier molecular flexibility index (Phi) is 9.66. The number of nitrogens with zero attached hydrogens (tertiary/aromatic N) is 3. The molecule has 0 bridgehead atoms. The molecule has 2 aliphatic heterocycles. The van der Waals surface area contributed by atoms with Crippen LogP contribution in [-0.4, -0.2) is 69.2 Å². The Morgan fingerprint density at radius 2 is 2.31 bits per heavy atom. The van der Waals surface area contributed by atoms with E-state index in [-0.39, 0.29) is 24.0 Å². The van der Waals surface area contributed by atoms with E-state index in [0.717, 1.165) is 38.8 Å². The molecule has 0 aliphatic carbocycles. The number of ether oxygens (including phenoxy) is 1. The fourth-order valence-corrected chi connectivity index (χ4v) is 4.65. The minimum atomic E-state index is 0. The number of likely N-dealkylation sites (tertiary alicyclic amines) is 1. The molecule has 0 amide bonds. The summed E-state index contributed by atoms with van der Waals surface area (Å²) in [7, 11) is 4.02. The van der Waals surface area contributed by atoms with Crippen LogP contribution >= 0.6 is 35.3 Å². The second-order valence-corrected chi connectivity index (χ2v) is 8.39. The first-order valence-corrected chi connectivity index (χ1v) is 10.4. The van der Waals surface area contributed by atoms with E-state index in [1.165, 1.54) is 37.2 Å². The van der Waals surface area contributed by atoms with Gasteiger partial charge >= 0.3 is 0 Å². The number of halogens is 1. The zero-order chi connectivity index (χ0) is 17.5. The zero-order valence-corrected chi connectivity index (χ0v) is 19.2. The van der Waals surface area contributed by atoms with Crippen molar-refractivity contribution in [3.63, 3.8) is 0 Å². The van der Waals surface area contributed by atoms with Crippen molar-refractivity contribution >= 4 is 41.3 Å². The molecule has 7 heteroatoms. The van der Waals surface area contributed by atoms with Gasteiger partial charge in [0.05, 0.1) is 6.61 Å². The molecule has 1 aromatic heterocycles. The van der Waals surface area contributed by atoms with Crippen LogP contribution in [0.15, 0.2) is 22.5 Å². The fourth-order valence-electron chi connectivity index (χ4n) is 3.91. The lowest BCUT2D eigenvalue weighted by Crippen LogP contribution is -2.45. The molecule has 2 saturated heterocycles. The van der Waals surface area contributed by atoms with Crippen molar-refractivity contribution < 1.29 is 4.74 Å². The highest BCUT2D eigenvalue weighted by atomic mass is 127. The van der Waals surface area contributed by atoms with Gasteiger partial charge < -0.3 is 15.0 Å². The largest absolute Gasteiger partial charge is 0.381 e. The Labute approximate surface area is 179 Å². The van der Waals surface area contributed by atoms with Crippen LogP contribution in [0.1, 0.15) is 24.1 Å². The Hall–Kier alpha value is -0.380. The van der Waals surface area contributed by atoms with Gasteiger partial charge in [0, 0.05) is 57.7 Å². The van der Waals surface area contributed by atoms with Gasteiger partial charge in [-0.1, -0.05) is 6.07 Å². The van der Waals surface area contributed by atoms with Crippen molar-refractivity contribution in [2.75, 3.05) is 53.5 Å². The van der Waals surface area contributed by atoms with Gasteiger partial charge in [-0.25, -0.2) is 0 Å². The summed E-state index contributed by atoms with van der Waals surface area (Å²) < 4.78 is 5.49. The lowest BCUT2D eigenvalue weighted by Gasteiger charge is -2.33. The Bertz CT molecular complexity index is 534. The van der Waals surface area contributed by atoms with E-state index in [4.69, 9.17) is 4.74 Å². The fraction of sp³-hybridized carbons (Fsp3) is 0.737. The van der Waals surface area contributed by atoms with Crippen molar-refractivity contribution in [2.24, 2.45) is 16.8 Å². The van der Waals surface area contributed by atoms with Crippen LogP contribution in [0.4, 0.5) is 0 Å². The van der Waals surface area contributed by atoms with Gasteiger partial charge in [-0.2, -0.15) is 0 Å². The predicted octanol–water partition coefficient (Wildman–Crippen LogP) is 3.12. The smallest absolute Gasteiger partial charge is 0.193 e. The van der Waals surface area contributed by atoms with Crippen molar-refractivity contribution in [3.05, 3.63) is 22.4 Å². The highest BCUT2D eigenvalue weighted by Gasteiger charge is 2.22. The van der Waals surface area contributed by atoms with Crippen LogP contribution in [0.2, 0.25) is 0 Å². The molecule has 5 nitrogen and oxygen atoms in total. The molecular formula is C19H33IN4OS. The Morgan fingerprint density at radius 1 is 1.42 bits per heavy atom. The van der Waals surface area contributed by atoms with E-state index in [1.807, 2.05) is 18.4 Å². The van der Waals surface area contributed by atoms with Crippen LogP contribution in [0, 0.1) is 11.8 Å². The first-order chi connectivity index (χ1) is 12.2. The number of aliphatic imine (C=N–C) groups is 1. The number of hydrogen-bond acceptors (Lipinski definition) is 4. The molecule has 2 fully saturated rings. The maximum Gasteiger partial charge on any atom is 0.193 e. The monoisotopic (exact) mass is 492 g/mol. The summed E-state index contributed by atoms with van der Waals surface area (Å²) in [6, 6.07) is 4.40. The maximum atomic E-state index is 5.49. The third-order valence-electron chi connectivity index (χ3n) is 5.24. The summed E-state index contributed by atoms with van der Waals surface area (Å²) in [5.74, 6) is 2.36. The molecular weight excluding hydrogens is 459 g/mol. The van der Waals surface area contributed by atoms with Crippen molar-refractivity contribution in [3.8, 4) is 0 Å². The van der Waals surface area contributed by atoms with E-state index < -0.39 is 0 Å². The normalized spacial score (nSPS) is 24.3. The second kappa shape index (κ2) is 11.5. The van der Waals surface area contributed by atoms with Crippen LogP contribution < -0.4 is 5.32 Å².